The number of hydrogen-bond acceptors (Lipinski definition) is 2. The van der Waals surface area contributed by atoms with Crippen molar-refractivity contribution in [3.63, 3.8) is 0 Å². The van der Waals surface area contributed by atoms with Gasteiger partial charge in [0, 0.05) is 24.2 Å². The molecule has 0 spiro atoms. The van der Waals surface area contributed by atoms with Gasteiger partial charge >= 0.3 is 0 Å². The Morgan fingerprint density at radius 2 is 1.54 bits per heavy atom. The molecule has 0 amide bonds. The summed E-state index contributed by atoms with van der Waals surface area (Å²) in [6.45, 7) is 11.6. The Hall–Kier alpha value is -0.570. The van der Waals surface area contributed by atoms with Crippen molar-refractivity contribution in [2.45, 2.75) is 90.8 Å². The van der Waals surface area contributed by atoms with Crippen LogP contribution in [0.2, 0.25) is 5.02 Å². The number of hydrogen-bond donors (Lipinski definition) is 1. The predicted molar refractivity (Wildman–Crippen MR) is 115 cm³/mol. The normalized spacial score (nSPS) is 23.2. The van der Waals surface area contributed by atoms with Gasteiger partial charge in [0.2, 0.25) is 0 Å². The van der Waals surface area contributed by atoms with E-state index in [1.54, 1.807) is 0 Å². The van der Waals surface area contributed by atoms with Crippen LogP contribution in [0.3, 0.4) is 0 Å². The third kappa shape index (κ3) is 5.97. The molecule has 0 radical (unpaired) electrons. The van der Waals surface area contributed by atoms with Gasteiger partial charge in [0.05, 0.1) is 5.66 Å². The van der Waals surface area contributed by atoms with Crippen molar-refractivity contribution in [2.75, 3.05) is 13.1 Å². The highest BCUT2D eigenvalue weighted by Crippen LogP contribution is 2.32. The molecule has 0 bridgehead atoms. The highest BCUT2D eigenvalue weighted by atomic mass is 35.5. The highest BCUT2D eigenvalue weighted by Gasteiger charge is 2.35. The third-order valence-electron chi connectivity index (χ3n) is 6.10. The molecule has 1 aliphatic carbocycles. The van der Waals surface area contributed by atoms with E-state index in [0.29, 0.717) is 6.04 Å². The van der Waals surface area contributed by atoms with Gasteiger partial charge in [0.15, 0.2) is 0 Å². The Bertz CT molecular complexity index is 499. The minimum Gasteiger partial charge on any atom is -0.293 e. The lowest BCUT2D eigenvalue weighted by Crippen LogP contribution is -2.58. The van der Waals surface area contributed by atoms with Gasteiger partial charge in [-0.2, -0.15) is 0 Å². The molecule has 1 aromatic carbocycles. The maximum atomic E-state index is 6.18. The average molecular weight is 379 g/mol. The fraction of sp³-hybridized carbons (Fsp3) is 0.739. The Morgan fingerprint density at radius 3 is 2.04 bits per heavy atom. The molecule has 1 saturated carbocycles. The van der Waals surface area contributed by atoms with Gasteiger partial charge in [-0.1, -0.05) is 57.3 Å². The number of benzene rings is 1. The second kappa shape index (κ2) is 10.7. The zero-order chi connectivity index (χ0) is 19.0. The van der Waals surface area contributed by atoms with Gasteiger partial charge in [-0.25, -0.2) is 0 Å². The molecular formula is C23H39ClN2. The van der Waals surface area contributed by atoms with Crippen LogP contribution in [0.5, 0.6) is 0 Å². The van der Waals surface area contributed by atoms with Gasteiger partial charge in [-0.3, -0.25) is 10.2 Å². The van der Waals surface area contributed by atoms with Crippen molar-refractivity contribution < 1.29 is 0 Å². The monoisotopic (exact) mass is 378 g/mol. The van der Waals surface area contributed by atoms with Crippen LogP contribution in [0.4, 0.5) is 0 Å². The quantitative estimate of drug-likeness (QED) is 0.462. The highest BCUT2D eigenvalue weighted by molar-refractivity contribution is 6.30. The van der Waals surface area contributed by atoms with Crippen molar-refractivity contribution in [3.8, 4) is 0 Å². The SMILES string of the molecule is CCCCN(CCCC)C(C)(NC1CCC(C)CC1)c1ccc(Cl)cc1. The van der Waals surface area contributed by atoms with Gasteiger partial charge in [-0.05, 0) is 69.1 Å². The first-order chi connectivity index (χ1) is 12.5. The zero-order valence-electron chi connectivity index (χ0n) is 17.4. The van der Waals surface area contributed by atoms with E-state index in [-0.39, 0.29) is 5.66 Å². The van der Waals surface area contributed by atoms with E-state index in [1.807, 2.05) is 12.1 Å². The minimum atomic E-state index is -0.125. The molecule has 1 aliphatic rings. The lowest BCUT2D eigenvalue weighted by atomic mass is 9.85. The summed E-state index contributed by atoms with van der Waals surface area (Å²) in [5.74, 6) is 0.881. The molecule has 1 atom stereocenters. The predicted octanol–water partition coefficient (Wildman–Crippen LogP) is 6.58. The van der Waals surface area contributed by atoms with Crippen LogP contribution in [0.15, 0.2) is 24.3 Å². The van der Waals surface area contributed by atoms with Crippen molar-refractivity contribution >= 4 is 11.6 Å². The van der Waals surface area contributed by atoms with Gasteiger partial charge in [-0.15, -0.1) is 0 Å². The van der Waals surface area contributed by atoms with E-state index in [0.717, 1.165) is 24.0 Å². The first-order valence-corrected chi connectivity index (χ1v) is 11.2. The Morgan fingerprint density at radius 1 is 1.00 bits per heavy atom. The van der Waals surface area contributed by atoms with E-state index in [1.165, 1.54) is 56.9 Å². The van der Waals surface area contributed by atoms with Gasteiger partial charge in [0.1, 0.15) is 0 Å². The first-order valence-electron chi connectivity index (χ1n) is 10.8. The summed E-state index contributed by atoms with van der Waals surface area (Å²) >= 11 is 6.18. The second-order valence-corrected chi connectivity index (χ2v) is 8.81. The molecule has 0 aromatic heterocycles. The fourth-order valence-corrected chi connectivity index (χ4v) is 4.32. The molecule has 1 unspecified atom stereocenters. The van der Waals surface area contributed by atoms with E-state index in [2.05, 4.69) is 50.0 Å². The van der Waals surface area contributed by atoms with Crippen LogP contribution < -0.4 is 5.32 Å². The number of halogens is 1. The molecule has 148 valence electrons. The molecule has 0 aliphatic heterocycles. The molecule has 26 heavy (non-hydrogen) atoms. The van der Waals surface area contributed by atoms with Gasteiger partial charge in [0.25, 0.3) is 0 Å². The minimum absolute atomic E-state index is 0.125. The van der Waals surface area contributed by atoms with Crippen LogP contribution in [0, 0.1) is 5.92 Å². The molecule has 0 heterocycles. The maximum absolute atomic E-state index is 6.18. The summed E-state index contributed by atoms with van der Waals surface area (Å²) in [6, 6.07) is 9.12. The Balaban J connectivity index is 2.26. The lowest BCUT2D eigenvalue weighted by molar-refractivity contribution is 0.0442. The number of nitrogens with one attached hydrogen (secondary N) is 1. The van der Waals surface area contributed by atoms with E-state index >= 15 is 0 Å². The molecule has 1 aromatic rings. The summed E-state index contributed by atoms with van der Waals surface area (Å²) in [5, 5.41) is 4.91. The smallest absolute Gasteiger partial charge is 0.0948 e. The summed E-state index contributed by atoms with van der Waals surface area (Å²) in [6.07, 6.45) is 10.2. The molecule has 2 nitrogen and oxygen atoms in total. The van der Waals surface area contributed by atoms with Crippen LogP contribution in [-0.4, -0.2) is 24.0 Å². The van der Waals surface area contributed by atoms with Crippen molar-refractivity contribution in [1.82, 2.24) is 10.2 Å². The standard InChI is InChI=1S/C23H39ClN2/c1-5-7-17-26(18-8-6-2)23(4,20-11-13-21(24)14-12-20)25-22-15-9-19(3)10-16-22/h11-14,19,22,25H,5-10,15-18H2,1-4H3. The number of unbranched alkanes of at least 4 members (excludes halogenated alkanes) is 2. The number of nitrogens with zero attached hydrogens (tertiary/aromatic N) is 1. The molecule has 2 rings (SSSR count). The summed E-state index contributed by atoms with van der Waals surface area (Å²) in [7, 11) is 0. The molecular weight excluding hydrogens is 340 g/mol. The lowest BCUT2D eigenvalue weighted by Gasteiger charge is -2.46. The van der Waals surface area contributed by atoms with Crippen LogP contribution in [-0.2, 0) is 5.66 Å². The molecule has 0 saturated heterocycles. The van der Waals surface area contributed by atoms with Crippen molar-refractivity contribution in [1.29, 1.82) is 0 Å². The van der Waals surface area contributed by atoms with Crippen molar-refractivity contribution in [3.05, 3.63) is 34.9 Å². The van der Waals surface area contributed by atoms with E-state index in [4.69, 9.17) is 11.6 Å². The van der Waals surface area contributed by atoms with Crippen molar-refractivity contribution in [2.24, 2.45) is 5.92 Å². The van der Waals surface area contributed by atoms with E-state index < -0.39 is 0 Å². The van der Waals surface area contributed by atoms with Crippen LogP contribution >= 0.6 is 11.6 Å². The summed E-state index contributed by atoms with van der Waals surface area (Å²) in [5.41, 5.74) is 1.22. The van der Waals surface area contributed by atoms with Crippen LogP contribution in [0.1, 0.15) is 84.6 Å². The van der Waals surface area contributed by atoms with Gasteiger partial charge < -0.3 is 0 Å². The van der Waals surface area contributed by atoms with Crippen LogP contribution in [0.25, 0.3) is 0 Å². The summed E-state index contributed by atoms with van der Waals surface area (Å²) < 4.78 is 0. The third-order valence-corrected chi connectivity index (χ3v) is 6.35. The maximum Gasteiger partial charge on any atom is 0.0948 e. The Kier molecular flexibility index (Phi) is 8.93. The number of rotatable bonds is 10. The average Bonchev–Trinajstić information content (AvgIpc) is 2.64. The zero-order valence-corrected chi connectivity index (χ0v) is 18.1. The topological polar surface area (TPSA) is 15.3 Å². The Labute approximate surface area is 166 Å². The van der Waals surface area contributed by atoms with E-state index in [9.17, 15) is 0 Å². The summed E-state index contributed by atoms with van der Waals surface area (Å²) in [4.78, 5) is 2.68. The largest absolute Gasteiger partial charge is 0.293 e. The second-order valence-electron chi connectivity index (χ2n) is 8.37. The molecule has 1 fully saturated rings. The molecule has 1 N–H and O–H groups in total. The first kappa shape index (κ1) is 21.7. The fourth-order valence-electron chi connectivity index (χ4n) is 4.19. The molecule has 3 heteroatoms.